The van der Waals surface area contributed by atoms with E-state index in [1.807, 2.05) is 16.0 Å². The van der Waals surface area contributed by atoms with Crippen molar-refractivity contribution in [3.05, 3.63) is 0 Å². The Balaban J connectivity index is 5.81. The van der Waals surface area contributed by atoms with Crippen molar-refractivity contribution in [1.29, 1.82) is 0 Å². The first kappa shape index (κ1) is 50.0. The summed E-state index contributed by atoms with van der Waals surface area (Å²) in [5.74, 6) is -13.8. The molecule has 0 spiro atoms. The normalized spacial score (nSPS) is 15.1. The van der Waals surface area contributed by atoms with Crippen LogP contribution in [0.2, 0.25) is 0 Å². The Morgan fingerprint density at radius 2 is 0.857 bits per heavy atom. The predicted octanol–water partition coefficient (Wildman–Crippen LogP) is -9.07. The molecule has 0 fully saturated rings. The monoisotopic (exact) mass is 806 g/mol. The number of rotatable bonds is 25. The van der Waals surface area contributed by atoms with Crippen LogP contribution in [0.3, 0.4) is 0 Å². The van der Waals surface area contributed by atoms with E-state index in [2.05, 4.69) is 26.6 Å². The van der Waals surface area contributed by atoms with Gasteiger partial charge in [0.25, 0.3) is 0 Å². The first-order valence-corrected chi connectivity index (χ1v) is 16.7. The van der Waals surface area contributed by atoms with Gasteiger partial charge in [-0.1, -0.05) is 13.8 Å². The van der Waals surface area contributed by atoms with Gasteiger partial charge in [0.1, 0.15) is 48.3 Å². The van der Waals surface area contributed by atoms with Gasteiger partial charge in [0.15, 0.2) is 0 Å². The number of primary amides is 1. The van der Waals surface area contributed by atoms with Crippen molar-refractivity contribution in [3.63, 3.8) is 0 Å². The molecule has 26 nitrogen and oxygen atoms in total. The van der Waals surface area contributed by atoms with E-state index in [0.717, 1.165) is 13.8 Å². The Morgan fingerprint density at radius 1 is 0.482 bits per heavy atom. The van der Waals surface area contributed by atoms with E-state index in [1.54, 1.807) is 0 Å². The highest BCUT2D eigenvalue weighted by molar-refractivity contribution is 5.99. The van der Waals surface area contributed by atoms with Crippen LogP contribution in [0.4, 0.5) is 0 Å². The molecule has 0 heterocycles. The molecule has 316 valence electrons. The number of carboxylic acid groups (broad SMARTS) is 2. The molecule has 9 amide bonds. The topological polar surface area (TPSA) is 437 Å². The fourth-order valence-corrected chi connectivity index (χ4v) is 4.28. The minimum Gasteiger partial charge on any atom is -0.481 e. The molecule has 8 atom stereocenters. The lowest BCUT2D eigenvalue weighted by atomic mass is 10.0. The number of hydrogen-bond acceptors (Lipinski definition) is 15. The van der Waals surface area contributed by atoms with Gasteiger partial charge in [0.2, 0.25) is 53.2 Å². The Kier molecular flexibility index (Phi) is 21.8. The highest BCUT2D eigenvalue weighted by Gasteiger charge is 2.35. The fraction of sp³-hybridized carbons (Fsp3) is 0.633. The van der Waals surface area contributed by atoms with Crippen LogP contribution in [-0.2, 0) is 52.7 Å². The average molecular weight is 807 g/mol. The Bertz CT molecular complexity index is 1480. The van der Waals surface area contributed by atoms with Crippen LogP contribution >= 0.6 is 0 Å². The van der Waals surface area contributed by atoms with Crippen molar-refractivity contribution in [1.82, 2.24) is 42.5 Å². The van der Waals surface area contributed by atoms with Crippen molar-refractivity contribution in [2.75, 3.05) is 26.4 Å². The standard InChI is InChI=1S/C30H50N10O16/c1-11(2)22(40-25(50)15(6-21(46)47)35-20(45)7-31)29(54)39-18(10-43)28(53)38-17(9-42)27(52)36-14(5-19(32)44)24(49)37-16(8-41)26(51)33-12(3)23(48)34-13(4)30(55)56/h11-18,22,41-43H,5-10,31H2,1-4H3,(H2,32,44)(H,33,51)(H,34,48)(H,35,45)(H,36,52)(H,37,49)(H,38,53)(H,39,54)(H,40,50)(H,46,47)(H,55,56)/t12-,13-,14-,15-,16-,17-,18-,22-/m0/s1. The van der Waals surface area contributed by atoms with Crippen LogP contribution in [-0.4, -0.2) is 165 Å². The lowest BCUT2D eigenvalue weighted by Crippen LogP contribution is -2.62. The summed E-state index contributed by atoms with van der Waals surface area (Å²) in [7, 11) is 0. The highest BCUT2D eigenvalue weighted by atomic mass is 16.4. The molecule has 0 aromatic rings. The summed E-state index contributed by atoms with van der Waals surface area (Å²) in [6, 6.07) is -13.3. The molecule has 0 aliphatic rings. The minimum absolute atomic E-state index is 0.583. The second-order valence-electron chi connectivity index (χ2n) is 12.4. The first-order valence-electron chi connectivity index (χ1n) is 16.7. The molecule has 0 saturated heterocycles. The van der Waals surface area contributed by atoms with Crippen LogP contribution in [0, 0.1) is 5.92 Å². The van der Waals surface area contributed by atoms with Crippen LogP contribution in [0.15, 0.2) is 0 Å². The molecule has 26 heteroatoms. The van der Waals surface area contributed by atoms with Crippen molar-refractivity contribution >= 4 is 65.1 Å². The number of aliphatic hydroxyl groups excluding tert-OH is 3. The van der Waals surface area contributed by atoms with Crippen LogP contribution in [0.25, 0.3) is 0 Å². The molecule has 0 radical (unpaired) electrons. The zero-order chi connectivity index (χ0) is 43.4. The number of amides is 9. The maximum atomic E-state index is 13.1. The molecular weight excluding hydrogens is 756 g/mol. The summed E-state index contributed by atoms with van der Waals surface area (Å²) in [4.78, 5) is 135. The van der Waals surface area contributed by atoms with E-state index < -0.39 is 159 Å². The lowest BCUT2D eigenvalue weighted by molar-refractivity contribution is -0.142. The summed E-state index contributed by atoms with van der Waals surface area (Å²) in [5.41, 5.74) is 10.4. The predicted molar refractivity (Wildman–Crippen MR) is 186 cm³/mol. The van der Waals surface area contributed by atoms with Crippen LogP contribution < -0.4 is 54.0 Å². The van der Waals surface area contributed by atoms with Crippen molar-refractivity contribution in [2.24, 2.45) is 17.4 Å². The van der Waals surface area contributed by atoms with E-state index in [9.17, 15) is 68.1 Å². The van der Waals surface area contributed by atoms with Gasteiger partial charge in [0, 0.05) is 0 Å². The minimum atomic E-state index is -1.93. The molecule has 0 unspecified atom stereocenters. The number of carbonyl (C=O) groups excluding carboxylic acids is 9. The van der Waals surface area contributed by atoms with E-state index in [1.165, 1.54) is 13.8 Å². The van der Waals surface area contributed by atoms with Gasteiger partial charge in [-0.2, -0.15) is 0 Å². The smallest absolute Gasteiger partial charge is 0.325 e. The van der Waals surface area contributed by atoms with E-state index >= 15 is 0 Å². The van der Waals surface area contributed by atoms with Crippen LogP contribution in [0.1, 0.15) is 40.5 Å². The largest absolute Gasteiger partial charge is 0.481 e. The van der Waals surface area contributed by atoms with E-state index in [-0.39, 0.29) is 0 Å². The van der Waals surface area contributed by atoms with E-state index in [0.29, 0.717) is 0 Å². The summed E-state index contributed by atoms with van der Waals surface area (Å²) in [6.07, 6.45) is -1.80. The SMILES string of the molecule is CC(C)[C@H](NC(=O)[C@H](CC(=O)O)NC(=O)CN)C(=O)N[C@@H](CO)C(=O)N[C@@H](CO)C(=O)N[C@@H](CC(N)=O)C(=O)N[C@@H](CO)C(=O)N[C@@H](C)C(=O)N[C@@H](C)C(=O)O. The number of aliphatic carboxylic acids is 2. The van der Waals surface area contributed by atoms with Gasteiger partial charge in [-0.15, -0.1) is 0 Å². The number of carboxylic acids is 2. The van der Waals surface area contributed by atoms with Gasteiger partial charge >= 0.3 is 11.9 Å². The Morgan fingerprint density at radius 3 is 1.25 bits per heavy atom. The number of nitrogens with one attached hydrogen (secondary N) is 8. The quantitative estimate of drug-likeness (QED) is 0.0407. The Hall–Kier alpha value is -5.99. The molecule has 0 bridgehead atoms. The molecule has 0 aliphatic heterocycles. The first-order chi connectivity index (χ1) is 26.0. The molecule has 0 aromatic carbocycles. The van der Waals surface area contributed by atoms with E-state index in [4.69, 9.17) is 21.7 Å². The summed E-state index contributed by atoms with van der Waals surface area (Å²) in [5, 5.41) is 64.2. The maximum absolute atomic E-state index is 13.1. The van der Waals surface area contributed by atoms with Gasteiger partial charge in [0.05, 0.1) is 39.2 Å². The summed E-state index contributed by atoms with van der Waals surface area (Å²) >= 11 is 0. The molecular formula is C30H50N10O16. The van der Waals surface area contributed by atoms with Gasteiger partial charge < -0.3 is 79.5 Å². The third-order valence-corrected chi connectivity index (χ3v) is 7.43. The van der Waals surface area contributed by atoms with Gasteiger partial charge in [-0.05, 0) is 19.8 Å². The van der Waals surface area contributed by atoms with Crippen molar-refractivity contribution in [3.8, 4) is 0 Å². The zero-order valence-corrected chi connectivity index (χ0v) is 30.8. The van der Waals surface area contributed by atoms with Crippen molar-refractivity contribution in [2.45, 2.75) is 88.9 Å². The van der Waals surface area contributed by atoms with Crippen LogP contribution in [0.5, 0.6) is 0 Å². The third kappa shape index (κ3) is 17.4. The summed E-state index contributed by atoms with van der Waals surface area (Å²) < 4.78 is 0. The number of aliphatic hydroxyl groups is 3. The van der Waals surface area contributed by atoms with Gasteiger partial charge in [-0.3, -0.25) is 52.7 Å². The molecule has 17 N–H and O–H groups in total. The maximum Gasteiger partial charge on any atom is 0.325 e. The number of hydrogen-bond donors (Lipinski definition) is 15. The second kappa shape index (κ2) is 24.4. The molecule has 0 aromatic heterocycles. The summed E-state index contributed by atoms with van der Waals surface area (Å²) in [6.45, 7) is 1.29. The Labute approximate surface area is 318 Å². The number of carbonyl (C=O) groups is 11. The molecule has 56 heavy (non-hydrogen) atoms. The second-order valence-corrected chi connectivity index (χ2v) is 12.4. The molecule has 0 aliphatic carbocycles. The zero-order valence-electron chi connectivity index (χ0n) is 30.8. The van der Waals surface area contributed by atoms with Crippen molar-refractivity contribution < 1.29 is 78.3 Å². The highest BCUT2D eigenvalue weighted by Crippen LogP contribution is 2.05. The van der Waals surface area contributed by atoms with Gasteiger partial charge in [-0.25, -0.2) is 0 Å². The fourth-order valence-electron chi connectivity index (χ4n) is 4.28. The number of nitrogens with two attached hydrogens (primary N) is 2. The molecule has 0 rings (SSSR count). The lowest BCUT2D eigenvalue weighted by Gasteiger charge is -2.27. The average Bonchev–Trinajstić information content (AvgIpc) is 3.11. The third-order valence-electron chi connectivity index (χ3n) is 7.43. The molecule has 0 saturated carbocycles.